The molecule has 2 aromatic rings. The first kappa shape index (κ1) is 14.4. The summed E-state index contributed by atoms with van der Waals surface area (Å²) in [6.07, 6.45) is 1.68. The number of rotatable bonds is 5. The Kier molecular flexibility index (Phi) is 5.25. The van der Waals surface area contributed by atoms with Crippen molar-refractivity contribution in [3.63, 3.8) is 0 Å². The fourth-order valence-electron chi connectivity index (χ4n) is 1.76. The summed E-state index contributed by atoms with van der Waals surface area (Å²) in [7, 11) is 1.99. The second-order valence-corrected chi connectivity index (χ2v) is 5.85. The molecule has 2 nitrogen and oxygen atoms in total. The largest absolute Gasteiger partial charge is 0.312 e. The van der Waals surface area contributed by atoms with Gasteiger partial charge in [-0.15, -0.1) is 11.8 Å². The zero-order chi connectivity index (χ0) is 13.7. The van der Waals surface area contributed by atoms with Gasteiger partial charge in [0.2, 0.25) is 0 Å². The quantitative estimate of drug-likeness (QED) is 0.840. The van der Waals surface area contributed by atoms with Crippen molar-refractivity contribution in [1.29, 1.82) is 0 Å². The average molecular weight is 293 g/mol. The van der Waals surface area contributed by atoms with Gasteiger partial charge in [0.15, 0.2) is 0 Å². The minimum atomic E-state index is 0.322. The maximum absolute atomic E-state index is 5.83. The van der Waals surface area contributed by atoms with Crippen molar-refractivity contribution in [3.05, 3.63) is 58.7 Å². The predicted octanol–water partition coefficient (Wildman–Crippen LogP) is 4.10. The summed E-state index contributed by atoms with van der Waals surface area (Å²) in [6, 6.07) is 12.8. The van der Waals surface area contributed by atoms with Crippen molar-refractivity contribution < 1.29 is 0 Å². The van der Waals surface area contributed by atoms with Crippen molar-refractivity contribution in [3.8, 4) is 0 Å². The van der Waals surface area contributed by atoms with Gasteiger partial charge in [0.05, 0.1) is 10.0 Å². The van der Waals surface area contributed by atoms with Gasteiger partial charge in [-0.1, -0.05) is 41.4 Å². The lowest BCUT2D eigenvalue weighted by Gasteiger charge is -2.16. The van der Waals surface area contributed by atoms with Crippen LogP contribution in [0, 0.1) is 6.92 Å². The number of thioether (sulfide) groups is 1. The zero-order valence-electron chi connectivity index (χ0n) is 11.1. The van der Waals surface area contributed by atoms with E-state index in [2.05, 4.69) is 41.5 Å². The third kappa shape index (κ3) is 4.23. The highest BCUT2D eigenvalue weighted by Crippen LogP contribution is 2.24. The van der Waals surface area contributed by atoms with Crippen LogP contribution in [0.5, 0.6) is 0 Å². The smallest absolute Gasteiger partial charge is 0.0961 e. The second kappa shape index (κ2) is 6.94. The van der Waals surface area contributed by atoms with Crippen molar-refractivity contribution in [1.82, 2.24) is 10.3 Å². The van der Waals surface area contributed by atoms with Crippen LogP contribution in [0.3, 0.4) is 0 Å². The summed E-state index contributed by atoms with van der Waals surface area (Å²) in [5.74, 6) is 0.939. The molecule has 0 bridgehead atoms. The molecule has 0 saturated carbocycles. The molecule has 0 fully saturated rings. The van der Waals surface area contributed by atoms with E-state index < -0.39 is 0 Å². The summed E-state index contributed by atoms with van der Waals surface area (Å²) in [6.45, 7) is 2.10. The Morgan fingerprint density at radius 3 is 2.53 bits per heavy atom. The predicted molar refractivity (Wildman–Crippen MR) is 83.0 cm³/mol. The van der Waals surface area contributed by atoms with E-state index in [9.17, 15) is 0 Å². The normalized spacial score (nSPS) is 12.4. The van der Waals surface area contributed by atoms with Crippen LogP contribution >= 0.6 is 23.4 Å². The first-order chi connectivity index (χ1) is 9.19. The maximum atomic E-state index is 5.83. The molecule has 0 aliphatic carbocycles. The summed E-state index contributed by atoms with van der Waals surface area (Å²) in [5, 5.41) is 5.02. The first-order valence-electron chi connectivity index (χ1n) is 6.17. The highest BCUT2D eigenvalue weighted by molar-refractivity contribution is 7.99. The van der Waals surface area contributed by atoms with Crippen LogP contribution in [0.2, 0.25) is 5.02 Å². The fourth-order valence-corrected chi connectivity index (χ4v) is 2.86. The van der Waals surface area contributed by atoms with Crippen molar-refractivity contribution in [2.45, 2.75) is 18.0 Å². The van der Waals surface area contributed by atoms with Crippen molar-refractivity contribution >= 4 is 23.4 Å². The Labute approximate surface area is 123 Å². The number of aromatic nitrogens is 1. The molecular formula is C15H17ClN2S. The van der Waals surface area contributed by atoms with Gasteiger partial charge in [0.25, 0.3) is 0 Å². The molecule has 0 aliphatic heterocycles. The number of hydrogen-bond acceptors (Lipinski definition) is 3. The topological polar surface area (TPSA) is 24.9 Å². The number of nitrogens with one attached hydrogen (secondary N) is 1. The third-order valence-corrected chi connectivity index (χ3v) is 4.19. The molecule has 1 heterocycles. The van der Waals surface area contributed by atoms with E-state index in [1.54, 1.807) is 18.0 Å². The van der Waals surface area contributed by atoms with Gasteiger partial charge >= 0.3 is 0 Å². The lowest BCUT2D eigenvalue weighted by molar-refractivity contribution is 0.661. The molecule has 0 amide bonds. The maximum Gasteiger partial charge on any atom is 0.0961 e. The number of halogens is 1. The molecule has 1 unspecified atom stereocenters. The molecule has 2 rings (SSSR count). The van der Waals surface area contributed by atoms with Crippen LogP contribution in [0.4, 0.5) is 0 Å². The molecule has 4 heteroatoms. The van der Waals surface area contributed by atoms with E-state index in [-0.39, 0.29) is 0 Å². The van der Waals surface area contributed by atoms with Gasteiger partial charge in [-0.2, -0.15) is 0 Å². The summed E-state index contributed by atoms with van der Waals surface area (Å²) >= 11 is 7.56. The van der Waals surface area contributed by atoms with Crippen molar-refractivity contribution in [2.75, 3.05) is 12.8 Å². The van der Waals surface area contributed by atoms with Gasteiger partial charge in [-0.3, -0.25) is 0 Å². The number of pyridine rings is 1. The summed E-state index contributed by atoms with van der Waals surface area (Å²) in [4.78, 5) is 4.30. The van der Waals surface area contributed by atoms with Crippen LogP contribution in [0.1, 0.15) is 17.2 Å². The molecular weight excluding hydrogens is 276 g/mol. The van der Waals surface area contributed by atoms with E-state index >= 15 is 0 Å². The Hall–Kier alpha value is -1.03. The van der Waals surface area contributed by atoms with Crippen LogP contribution in [-0.4, -0.2) is 17.8 Å². The second-order valence-electron chi connectivity index (χ2n) is 4.38. The molecule has 1 N–H and O–H groups in total. The van der Waals surface area contributed by atoms with E-state index in [4.69, 9.17) is 11.6 Å². The van der Waals surface area contributed by atoms with E-state index in [0.717, 1.165) is 10.8 Å². The lowest BCUT2D eigenvalue weighted by atomic mass is 10.1. The van der Waals surface area contributed by atoms with E-state index in [1.165, 1.54) is 11.1 Å². The standard InChI is InChI=1S/C15H17ClN2S/c1-11-3-5-12(6-4-11)14(17-2)10-19-15-8-7-13(16)9-18-15/h3-9,14,17H,10H2,1-2H3. The Bertz CT molecular complexity index is 511. The minimum absolute atomic E-state index is 0.322. The monoisotopic (exact) mass is 292 g/mol. The Balaban J connectivity index is 1.99. The highest BCUT2D eigenvalue weighted by atomic mass is 35.5. The lowest BCUT2D eigenvalue weighted by Crippen LogP contribution is -2.18. The SMILES string of the molecule is CNC(CSc1ccc(Cl)cn1)c1ccc(C)cc1. The third-order valence-electron chi connectivity index (χ3n) is 2.93. The number of hydrogen-bond donors (Lipinski definition) is 1. The Morgan fingerprint density at radius 1 is 1.21 bits per heavy atom. The molecule has 1 aromatic heterocycles. The molecule has 0 saturated heterocycles. The van der Waals surface area contributed by atoms with Crippen LogP contribution < -0.4 is 5.32 Å². The summed E-state index contributed by atoms with van der Waals surface area (Å²) < 4.78 is 0. The molecule has 0 spiro atoms. The molecule has 1 aromatic carbocycles. The van der Waals surface area contributed by atoms with Crippen molar-refractivity contribution in [2.24, 2.45) is 0 Å². The fraction of sp³-hybridized carbons (Fsp3) is 0.267. The molecule has 100 valence electrons. The Morgan fingerprint density at radius 2 is 1.95 bits per heavy atom. The molecule has 0 aliphatic rings. The molecule has 1 atom stereocenters. The molecule has 19 heavy (non-hydrogen) atoms. The van der Waals surface area contributed by atoms with Gasteiger partial charge in [-0.05, 0) is 31.7 Å². The highest BCUT2D eigenvalue weighted by Gasteiger charge is 2.09. The number of nitrogens with zero attached hydrogens (tertiary/aromatic N) is 1. The average Bonchev–Trinajstić information content (AvgIpc) is 2.43. The van der Waals surface area contributed by atoms with Gasteiger partial charge in [-0.25, -0.2) is 4.98 Å². The van der Waals surface area contributed by atoms with Crippen LogP contribution in [0.15, 0.2) is 47.6 Å². The number of benzene rings is 1. The van der Waals surface area contributed by atoms with E-state index in [0.29, 0.717) is 11.1 Å². The van der Waals surface area contributed by atoms with E-state index in [1.807, 2.05) is 19.2 Å². The summed E-state index contributed by atoms with van der Waals surface area (Å²) in [5.41, 5.74) is 2.58. The van der Waals surface area contributed by atoms with Gasteiger partial charge in [0, 0.05) is 18.0 Å². The van der Waals surface area contributed by atoms with Crippen LogP contribution in [-0.2, 0) is 0 Å². The first-order valence-corrected chi connectivity index (χ1v) is 7.53. The number of aryl methyl sites for hydroxylation is 1. The van der Waals surface area contributed by atoms with Crippen LogP contribution in [0.25, 0.3) is 0 Å². The van der Waals surface area contributed by atoms with Gasteiger partial charge in [0.1, 0.15) is 0 Å². The minimum Gasteiger partial charge on any atom is -0.312 e. The molecule has 0 radical (unpaired) electrons. The van der Waals surface area contributed by atoms with Gasteiger partial charge < -0.3 is 5.32 Å². The zero-order valence-corrected chi connectivity index (χ0v) is 12.6.